The molecule has 0 spiro atoms. The van der Waals surface area contributed by atoms with Crippen LogP contribution < -0.4 is 14.4 Å². The topological polar surface area (TPSA) is 106 Å². The van der Waals surface area contributed by atoms with Crippen LogP contribution in [0.15, 0.2) is 78.4 Å². The van der Waals surface area contributed by atoms with Crippen molar-refractivity contribution in [2.75, 3.05) is 12.0 Å². The van der Waals surface area contributed by atoms with Gasteiger partial charge in [0.05, 0.1) is 29.3 Å². The highest BCUT2D eigenvalue weighted by molar-refractivity contribution is 7.18. The van der Waals surface area contributed by atoms with Crippen molar-refractivity contribution in [2.24, 2.45) is 0 Å². The molecule has 4 aromatic rings. The van der Waals surface area contributed by atoms with Crippen LogP contribution in [0.25, 0.3) is 5.76 Å². The normalized spacial score (nSPS) is 16.2. The van der Waals surface area contributed by atoms with Crippen LogP contribution in [0.2, 0.25) is 0 Å². The van der Waals surface area contributed by atoms with E-state index < -0.39 is 17.7 Å². The van der Waals surface area contributed by atoms with Crippen molar-refractivity contribution in [2.45, 2.75) is 33.4 Å². The van der Waals surface area contributed by atoms with E-state index in [9.17, 15) is 19.5 Å². The average Bonchev–Trinajstić information content (AvgIpc) is 3.48. The number of carbonyl (C=O) groups excluding carboxylic acids is 3. The minimum Gasteiger partial charge on any atom is -0.507 e. The second-order valence-electron chi connectivity index (χ2n) is 9.71. The van der Waals surface area contributed by atoms with Crippen LogP contribution in [0, 0.1) is 13.8 Å². The minimum atomic E-state index is -0.969. The molecule has 1 aliphatic rings. The summed E-state index contributed by atoms with van der Waals surface area (Å²) in [6, 6.07) is 20.6. The average molecular weight is 569 g/mol. The Labute approximate surface area is 241 Å². The Kier molecular flexibility index (Phi) is 7.72. The Morgan fingerprint density at radius 1 is 1.00 bits per heavy atom. The van der Waals surface area contributed by atoms with E-state index in [1.165, 1.54) is 18.9 Å². The van der Waals surface area contributed by atoms with Gasteiger partial charge in [0.25, 0.3) is 5.78 Å². The lowest BCUT2D eigenvalue weighted by Crippen LogP contribution is -2.29. The molecular weight excluding hydrogens is 540 g/mol. The molecule has 3 aromatic carbocycles. The standard InChI is InChI=1S/C32H28N2O6S/c1-18-6-5-7-21(16-18)17-40-25-14-10-23(11-15-25)28(36)26-27(22-8-12-24(39-4)13-9-22)34(31(38)29(26)37)32-33-19(2)30(41-32)20(3)35/h5-16,27,36H,17H2,1-4H3. The van der Waals surface area contributed by atoms with E-state index in [-0.39, 0.29) is 22.2 Å². The number of aromatic nitrogens is 1. The summed E-state index contributed by atoms with van der Waals surface area (Å²) in [6.45, 7) is 5.50. The highest BCUT2D eigenvalue weighted by atomic mass is 32.1. The van der Waals surface area contributed by atoms with Crippen LogP contribution >= 0.6 is 11.3 Å². The smallest absolute Gasteiger partial charge is 0.301 e. The number of aliphatic hydroxyl groups is 1. The lowest BCUT2D eigenvalue weighted by molar-refractivity contribution is -0.132. The number of ketones is 2. The van der Waals surface area contributed by atoms with Crippen LogP contribution in [-0.4, -0.2) is 34.7 Å². The maximum absolute atomic E-state index is 13.4. The number of thiazole rings is 1. The summed E-state index contributed by atoms with van der Waals surface area (Å²) in [5, 5.41) is 11.6. The molecule has 2 heterocycles. The fourth-order valence-corrected chi connectivity index (χ4v) is 5.77. The van der Waals surface area contributed by atoms with Gasteiger partial charge in [0.1, 0.15) is 23.9 Å². The third-order valence-corrected chi connectivity index (χ3v) is 8.06. The summed E-state index contributed by atoms with van der Waals surface area (Å²) in [4.78, 5) is 45.1. The van der Waals surface area contributed by atoms with Crippen LogP contribution in [0.1, 0.15) is 50.6 Å². The Balaban J connectivity index is 1.53. The van der Waals surface area contributed by atoms with Crippen molar-refractivity contribution in [3.8, 4) is 11.5 Å². The van der Waals surface area contributed by atoms with Gasteiger partial charge in [-0.2, -0.15) is 0 Å². The van der Waals surface area contributed by atoms with E-state index in [0.29, 0.717) is 39.8 Å². The van der Waals surface area contributed by atoms with Crippen molar-refractivity contribution in [1.82, 2.24) is 4.98 Å². The minimum absolute atomic E-state index is 0.0779. The molecule has 0 aliphatic carbocycles. The summed E-state index contributed by atoms with van der Waals surface area (Å²) in [6.07, 6.45) is 0. The number of nitrogens with zero attached hydrogens (tertiary/aromatic N) is 2. The Hall–Kier alpha value is -4.76. The molecule has 1 saturated heterocycles. The van der Waals surface area contributed by atoms with Gasteiger partial charge in [-0.05, 0) is 61.4 Å². The van der Waals surface area contributed by atoms with Crippen molar-refractivity contribution < 1.29 is 29.0 Å². The second-order valence-corrected chi connectivity index (χ2v) is 10.7. The highest BCUT2D eigenvalue weighted by Gasteiger charge is 2.48. The largest absolute Gasteiger partial charge is 0.507 e. The number of aryl methyl sites for hydroxylation is 2. The molecule has 0 saturated carbocycles. The van der Waals surface area contributed by atoms with Gasteiger partial charge < -0.3 is 14.6 Å². The number of benzene rings is 3. The lowest BCUT2D eigenvalue weighted by atomic mass is 9.95. The summed E-state index contributed by atoms with van der Waals surface area (Å²) in [5.41, 5.74) is 3.48. The van der Waals surface area contributed by atoms with E-state index >= 15 is 0 Å². The van der Waals surface area contributed by atoms with Gasteiger partial charge in [0, 0.05) is 12.5 Å². The van der Waals surface area contributed by atoms with Gasteiger partial charge in [-0.15, -0.1) is 0 Å². The Bertz CT molecular complexity index is 1670. The van der Waals surface area contributed by atoms with E-state index in [0.717, 1.165) is 22.5 Å². The summed E-state index contributed by atoms with van der Waals surface area (Å²) >= 11 is 1.04. The predicted molar refractivity (Wildman–Crippen MR) is 157 cm³/mol. The first-order chi connectivity index (χ1) is 19.7. The van der Waals surface area contributed by atoms with E-state index in [2.05, 4.69) is 4.98 Å². The van der Waals surface area contributed by atoms with E-state index in [1.54, 1.807) is 55.5 Å². The zero-order chi connectivity index (χ0) is 29.3. The molecule has 0 radical (unpaired) electrons. The number of ether oxygens (including phenoxy) is 2. The summed E-state index contributed by atoms with van der Waals surface area (Å²) < 4.78 is 11.2. The number of carbonyl (C=O) groups is 3. The van der Waals surface area contributed by atoms with Crippen LogP contribution in [-0.2, 0) is 16.2 Å². The summed E-state index contributed by atoms with van der Waals surface area (Å²) in [5.74, 6) is -1.01. The number of hydrogen-bond donors (Lipinski definition) is 1. The maximum Gasteiger partial charge on any atom is 0.301 e. The molecule has 0 bridgehead atoms. The van der Waals surface area contributed by atoms with Crippen molar-refractivity contribution in [3.63, 3.8) is 0 Å². The summed E-state index contributed by atoms with van der Waals surface area (Å²) in [7, 11) is 1.54. The third kappa shape index (κ3) is 5.49. The second kappa shape index (κ2) is 11.4. The van der Waals surface area contributed by atoms with Crippen LogP contribution in [0.5, 0.6) is 11.5 Å². The molecule has 1 aromatic heterocycles. The zero-order valence-electron chi connectivity index (χ0n) is 23.0. The van der Waals surface area contributed by atoms with Gasteiger partial charge >= 0.3 is 5.91 Å². The first kappa shape index (κ1) is 27.8. The molecule has 1 N–H and O–H groups in total. The van der Waals surface area contributed by atoms with Crippen LogP contribution in [0.4, 0.5) is 5.13 Å². The maximum atomic E-state index is 13.4. The lowest BCUT2D eigenvalue weighted by Gasteiger charge is -2.23. The van der Waals surface area contributed by atoms with Gasteiger partial charge in [-0.3, -0.25) is 19.3 Å². The third-order valence-electron chi connectivity index (χ3n) is 6.80. The molecule has 41 heavy (non-hydrogen) atoms. The molecule has 9 heteroatoms. The van der Waals surface area contributed by atoms with E-state index in [1.807, 2.05) is 31.2 Å². The van der Waals surface area contributed by atoms with Gasteiger partial charge in [-0.1, -0.05) is 53.3 Å². The molecule has 1 atom stereocenters. The van der Waals surface area contributed by atoms with Crippen molar-refractivity contribution >= 4 is 39.7 Å². The molecule has 208 valence electrons. The Morgan fingerprint density at radius 2 is 1.68 bits per heavy atom. The highest BCUT2D eigenvalue weighted by Crippen LogP contribution is 2.44. The number of amides is 1. The van der Waals surface area contributed by atoms with Crippen molar-refractivity contribution in [1.29, 1.82) is 0 Å². The number of anilines is 1. The predicted octanol–water partition coefficient (Wildman–Crippen LogP) is 6.18. The van der Waals surface area contributed by atoms with Gasteiger partial charge in [-0.25, -0.2) is 4.98 Å². The fourth-order valence-electron chi connectivity index (χ4n) is 4.78. The molecule has 1 unspecified atom stereocenters. The van der Waals surface area contributed by atoms with Crippen molar-refractivity contribution in [3.05, 3.63) is 111 Å². The first-order valence-electron chi connectivity index (χ1n) is 12.9. The first-order valence-corrected chi connectivity index (χ1v) is 13.7. The monoisotopic (exact) mass is 568 g/mol. The fraction of sp³-hybridized carbons (Fsp3) is 0.188. The SMILES string of the molecule is COc1ccc(C2C(=C(O)c3ccc(OCc4cccc(C)c4)cc3)C(=O)C(=O)N2c2nc(C)c(C(C)=O)s2)cc1. The Morgan fingerprint density at radius 3 is 2.29 bits per heavy atom. The quantitative estimate of drug-likeness (QED) is 0.117. The number of rotatable bonds is 8. The molecule has 1 amide bonds. The molecule has 1 fully saturated rings. The molecule has 8 nitrogen and oxygen atoms in total. The molecular formula is C32H28N2O6S. The number of aliphatic hydroxyl groups excluding tert-OH is 1. The van der Waals surface area contributed by atoms with Gasteiger partial charge in [0.15, 0.2) is 10.9 Å². The van der Waals surface area contributed by atoms with E-state index in [4.69, 9.17) is 9.47 Å². The number of methoxy groups -OCH3 is 1. The molecule has 5 rings (SSSR count). The molecule has 1 aliphatic heterocycles. The number of hydrogen-bond acceptors (Lipinski definition) is 8. The van der Waals surface area contributed by atoms with Gasteiger partial charge in [0.2, 0.25) is 0 Å². The number of Topliss-reactive ketones (excluding diaryl/α,β-unsaturated/α-hetero) is 2. The van der Waals surface area contributed by atoms with Crippen LogP contribution in [0.3, 0.4) is 0 Å². The zero-order valence-corrected chi connectivity index (χ0v) is 23.8.